The fourth-order valence-corrected chi connectivity index (χ4v) is 1.81. The number of carbonyl (C=O) groups excluding carboxylic acids is 1. The van der Waals surface area contributed by atoms with Gasteiger partial charge in [0.05, 0.1) is 19.1 Å². The van der Waals surface area contributed by atoms with Gasteiger partial charge in [-0.25, -0.2) is 4.79 Å². The van der Waals surface area contributed by atoms with Gasteiger partial charge in [-0.2, -0.15) is 13.2 Å². The summed E-state index contributed by atoms with van der Waals surface area (Å²) in [7, 11) is 0. The third-order valence-electron chi connectivity index (χ3n) is 2.61. The second-order valence-electron chi connectivity index (χ2n) is 4.21. The van der Waals surface area contributed by atoms with E-state index in [2.05, 4.69) is 4.74 Å². The number of carboxylic acid groups (broad SMARTS) is 1. The van der Waals surface area contributed by atoms with Gasteiger partial charge in [-0.05, 0) is 0 Å². The van der Waals surface area contributed by atoms with Crippen LogP contribution in [0.1, 0.15) is 12.8 Å². The van der Waals surface area contributed by atoms with Gasteiger partial charge in [-0.15, -0.1) is 0 Å². The van der Waals surface area contributed by atoms with Crippen LogP contribution in [-0.4, -0.2) is 65.1 Å². The van der Waals surface area contributed by atoms with Crippen LogP contribution in [0.3, 0.4) is 0 Å². The summed E-state index contributed by atoms with van der Waals surface area (Å²) in [6.45, 7) is -2.03. The molecule has 0 aromatic carbocycles. The van der Waals surface area contributed by atoms with E-state index >= 15 is 0 Å². The molecule has 0 saturated carbocycles. The van der Waals surface area contributed by atoms with E-state index in [1.807, 2.05) is 0 Å². The number of hydrogen-bond acceptors (Lipinski definition) is 4. The van der Waals surface area contributed by atoms with Crippen molar-refractivity contribution in [2.45, 2.75) is 31.2 Å². The first-order valence-corrected chi connectivity index (χ1v) is 5.55. The standard InChI is InChI=1S/C10H14F3NO5/c11-10(12,13)5-19-2-1-8(16)14-4-6(15)3-7(14)9(17)18/h6-7,15H,1-5H2,(H,17,18)/t6-,7-/m1/s1. The average Bonchev–Trinajstić information content (AvgIpc) is 2.65. The number of aliphatic carboxylic acids is 1. The Morgan fingerprint density at radius 3 is 2.53 bits per heavy atom. The minimum Gasteiger partial charge on any atom is -0.480 e. The maximum atomic E-state index is 11.8. The first-order valence-electron chi connectivity index (χ1n) is 5.55. The molecule has 6 nitrogen and oxygen atoms in total. The molecule has 1 rings (SSSR count). The minimum absolute atomic E-state index is 0.0789. The van der Waals surface area contributed by atoms with Crippen LogP contribution in [0.2, 0.25) is 0 Å². The molecule has 1 aliphatic heterocycles. The van der Waals surface area contributed by atoms with Gasteiger partial charge < -0.3 is 19.8 Å². The van der Waals surface area contributed by atoms with Crippen molar-refractivity contribution < 1.29 is 37.7 Å². The maximum absolute atomic E-state index is 11.8. The Kier molecular flexibility index (Phi) is 5.12. The van der Waals surface area contributed by atoms with Gasteiger partial charge >= 0.3 is 12.1 Å². The van der Waals surface area contributed by atoms with E-state index in [1.54, 1.807) is 0 Å². The van der Waals surface area contributed by atoms with Crippen LogP contribution in [0.15, 0.2) is 0 Å². The zero-order valence-corrected chi connectivity index (χ0v) is 9.89. The molecule has 1 saturated heterocycles. The van der Waals surface area contributed by atoms with Gasteiger partial charge in [0.2, 0.25) is 5.91 Å². The SMILES string of the molecule is O=C(O)[C@H]1C[C@@H](O)CN1C(=O)CCOCC(F)(F)F. The van der Waals surface area contributed by atoms with Crippen LogP contribution < -0.4 is 0 Å². The van der Waals surface area contributed by atoms with Gasteiger partial charge in [0, 0.05) is 13.0 Å². The van der Waals surface area contributed by atoms with Crippen LogP contribution in [0, 0.1) is 0 Å². The average molecular weight is 285 g/mol. The molecule has 1 amide bonds. The van der Waals surface area contributed by atoms with Crippen molar-refractivity contribution >= 4 is 11.9 Å². The zero-order chi connectivity index (χ0) is 14.6. The topological polar surface area (TPSA) is 87.1 Å². The third-order valence-corrected chi connectivity index (χ3v) is 2.61. The lowest BCUT2D eigenvalue weighted by atomic mass is 10.2. The summed E-state index contributed by atoms with van der Waals surface area (Å²) in [6, 6.07) is -1.13. The molecule has 1 heterocycles. The summed E-state index contributed by atoms with van der Waals surface area (Å²) >= 11 is 0. The van der Waals surface area contributed by atoms with E-state index in [4.69, 9.17) is 5.11 Å². The first kappa shape index (κ1) is 15.7. The molecule has 19 heavy (non-hydrogen) atoms. The predicted octanol–water partition coefficient (Wildman–Crippen LogP) is 0.00180. The number of aliphatic hydroxyl groups excluding tert-OH is 1. The summed E-state index contributed by atoms with van der Waals surface area (Å²) in [4.78, 5) is 23.4. The predicted molar refractivity (Wildman–Crippen MR) is 55.3 cm³/mol. The highest BCUT2D eigenvalue weighted by atomic mass is 19.4. The molecule has 1 aliphatic rings. The molecule has 0 aromatic heterocycles. The second kappa shape index (κ2) is 6.20. The van der Waals surface area contributed by atoms with E-state index in [0.29, 0.717) is 0 Å². The lowest BCUT2D eigenvalue weighted by Crippen LogP contribution is -2.41. The lowest BCUT2D eigenvalue weighted by Gasteiger charge is -2.21. The molecule has 0 spiro atoms. The number of carboxylic acids is 1. The molecule has 0 aromatic rings. The Morgan fingerprint density at radius 1 is 1.37 bits per heavy atom. The van der Waals surface area contributed by atoms with Crippen molar-refractivity contribution in [1.82, 2.24) is 4.90 Å². The highest BCUT2D eigenvalue weighted by molar-refractivity contribution is 5.84. The van der Waals surface area contributed by atoms with Crippen LogP contribution in [0.25, 0.3) is 0 Å². The van der Waals surface area contributed by atoms with Crippen LogP contribution >= 0.6 is 0 Å². The zero-order valence-electron chi connectivity index (χ0n) is 9.89. The molecular formula is C10H14F3NO5. The number of β-amino-alcohol motifs (C(OH)–C–C–N with tert-alkyl or cyclic N) is 1. The normalized spacial score (nSPS) is 23.7. The monoisotopic (exact) mass is 285 g/mol. The Labute approximate surface area is 106 Å². The number of rotatable bonds is 5. The third kappa shape index (κ3) is 5.03. The molecule has 9 heteroatoms. The Morgan fingerprint density at radius 2 is 2.00 bits per heavy atom. The summed E-state index contributed by atoms with van der Waals surface area (Å²) < 4.78 is 39.6. The summed E-state index contributed by atoms with van der Waals surface area (Å²) in [5.74, 6) is -1.90. The molecule has 0 aliphatic carbocycles. The van der Waals surface area contributed by atoms with Crippen LogP contribution in [-0.2, 0) is 14.3 Å². The highest BCUT2D eigenvalue weighted by Crippen LogP contribution is 2.19. The number of likely N-dealkylation sites (tertiary alicyclic amines) is 1. The van der Waals surface area contributed by atoms with Crippen molar-refractivity contribution in [3.63, 3.8) is 0 Å². The van der Waals surface area contributed by atoms with Crippen molar-refractivity contribution in [2.24, 2.45) is 0 Å². The Balaban J connectivity index is 2.38. The number of carbonyl (C=O) groups is 2. The number of hydrogen-bond donors (Lipinski definition) is 2. The Hall–Kier alpha value is -1.35. The quantitative estimate of drug-likeness (QED) is 0.694. The highest BCUT2D eigenvalue weighted by Gasteiger charge is 2.38. The smallest absolute Gasteiger partial charge is 0.411 e. The molecule has 2 atom stereocenters. The fraction of sp³-hybridized carbons (Fsp3) is 0.800. The van der Waals surface area contributed by atoms with Gasteiger partial charge in [-0.1, -0.05) is 0 Å². The lowest BCUT2D eigenvalue weighted by molar-refractivity contribution is -0.175. The van der Waals surface area contributed by atoms with Crippen molar-refractivity contribution in [3.8, 4) is 0 Å². The van der Waals surface area contributed by atoms with Gasteiger partial charge in [0.15, 0.2) is 0 Å². The van der Waals surface area contributed by atoms with Gasteiger partial charge in [-0.3, -0.25) is 4.79 Å². The second-order valence-corrected chi connectivity index (χ2v) is 4.21. The molecular weight excluding hydrogens is 271 g/mol. The largest absolute Gasteiger partial charge is 0.480 e. The first-order chi connectivity index (χ1) is 8.70. The van der Waals surface area contributed by atoms with Gasteiger partial charge in [0.25, 0.3) is 0 Å². The summed E-state index contributed by atoms with van der Waals surface area (Å²) in [6.07, 6.45) is -5.82. The molecule has 2 N–H and O–H groups in total. The minimum atomic E-state index is -4.46. The van der Waals surface area contributed by atoms with Crippen molar-refractivity contribution in [3.05, 3.63) is 0 Å². The van der Waals surface area contributed by atoms with Crippen molar-refractivity contribution in [1.29, 1.82) is 0 Å². The number of nitrogens with zero attached hydrogens (tertiary/aromatic N) is 1. The van der Waals surface area contributed by atoms with E-state index in [9.17, 15) is 27.9 Å². The summed E-state index contributed by atoms with van der Waals surface area (Å²) in [5, 5.41) is 18.2. The van der Waals surface area contributed by atoms with Gasteiger partial charge in [0.1, 0.15) is 12.6 Å². The van der Waals surface area contributed by atoms with Crippen molar-refractivity contribution in [2.75, 3.05) is 19.8 Å². The van der Waals surface area contributed by atoms with Crippen LogP contribution in [0.5, 0.6) is 0 Å². The summed E-state index contributed by atoms with van der Waals surface area (Å²) in [5.41, 5.74) is 0. The molecule has 0 bridgehead atoms. The molecule has 1 fully saturated rings. The number of halogens is 3. The van der Waals surface area contributed by atoms with Crippen LogP contribution in [0.4, 0.5) is 13.2 Å². The number of aliphatic hydroxyl groups is 1. The number of alkyl halides is 3. The Bertz CT molecular complexity index is 347. The molecule has 0 unspecified atom stereocenters. The van der Waals surface area contributed by atoms with E-state index in [-0.39, 0.29) is 19.4 Å². The maximum Gasteiger partial charge on any atom is 0.411 e. The molecule has 0 radical (unpaired) electrons. The number of amides is 1. The fourth-order valence-electron chi connectivity index (χ4n) is 1.81. The molecule has 110 valence electrons. The van der Waals surface area contributed by atoms with E-state index in [0.717, 1.165) is 4.90 Å². The number of ether oxygens (including phenoxy) is 1. The van der Waals surface area contributed by atoms with E-state index < -0.39 is 43.4 Å². The van der Waals surface area contributed by atoms with E-state index in [1.165, 1.54) is 0 Å².